The van der Waals surface area contributed by atoms with Crippen molar-refractivity contribution in [2.24, 2.45) is 5.92 Å². The summed E-state index contributed by atoms with van der Waals surface area (Å²) in [4.78, 5) is 11.5. The average Bonchev–Trinajstić information content (AvgIpc) is 2.49. The van der Waals surface area contributed by atoms with Gasteiger partial charge in [0.2, 0.25) is 0 Å². The van der Waals surface area contributed by atoms with Gasteiger partial charge in [0.05, 0.1) is 19.8 Å². The molecule has 20 heavy (non-hydrogen) atoms. The highest BCUT2D eigenvalue weighted by Crippen LogP contribution is 2.22. The minimum Gasteiger partial charge on any atom is -0.493 e. The molecule has 0 bridgehead atoms. The van der Waals surface area contributed by atoms with E-state index < -0.39 is 6.10 Å². The molecule has 1 aliphatic rings. The van der Waals surface area contributed by atoms with Gasteiger partial charge in [0.25, 0.3) is 0 Å². The van der Waals surface area contributed by atoms with E-state index in [-0.39, 0.29) is 18.0 Å². The van der Waals surface area contributed by atoms with Crippen LogP contribution in [0.1, 0.15) is 13.3 Å². The SMILES string of the molecule is COC(=O)C1C=CC(C)C(CCOc2ccccc2)O1. The molecule has 1 aromatic rings. The summed E-state index contributed by atoms with van der Waals surface area (Å²) in [7, 11) is 1.37. The fraction of sp³-hybridized carbons (Fsp3) is 0.438. The fourth-order valence-electron chi connectivity index (χ4n) is 2.15. The van der Waals surface area contributed by atoms with Crippen molar-refractivity contribution in [2.45, 2.75) is 25.6 Å². The molecule has 0 N–H and O–H groups in total. The van der Waals surface area contributed by atoms with Crippen LogP contribution >= 0.6 is 0 Å². The van der Waals surface area contributed by atoms with Gasteiger partial charge in [0, 0.05) is 12.3 Å². The number of rotatable bonds is 5. The van der Waals surface area contributed by atoms with Gasteiger partial charge in [-0.25, -0.2) is 4.79 Å². The van der Waals surface area contributed by atoms with Crippen molar-refractivity contribution < 1.29 is 19.0 Å². The Hall–Kier alpha value is -1.81. The standard InChI is InChI=1S/C16H20O4/c1-12-8-9-15(16(17)18-2)20-14(12)10-11-19-13-6-4-3-5-7-13/h3-9,12,14-15H,10-11H2,1-2H3. The summed E-state index contributed by atoms with van der Waals surface area (Å²) in [5.41, 5.74) is 0. The Morgan fingerprint density at radius 1 is 1.25 bits per heavy atom. The van der Waals surface area contributed by atoms with Crippen LogP contribution in [0.25, 0.3) is 0 Å². The minimum atomic E-state index is -0.599. The maximum absolute atomic E-state index is 11.5. The average molecular weight is 276 g/mol. The number of hydrogen-bond donors (Lipinski definition) is 0. The largest absolute Gasteiger partial charge is 0.493 e. The fourth-order valence-corrected chi connectivity index (χ4v) is 2.15. The molecule has 0 aromatic heterocycles. The molecule has 1 aromatic carbocycles. The van der Waals surface area contributed by atoms with Crippen LogP contribution in [0.3, 0.4) is 0 Å². The predicted molar refractivity (Wildman–Crippen MR) is 75.5 cm³/mol. The van der Waals surface area contributed by atoms with Gasteiger partial charge >= 0.3 is 5.97 Å². The maximum atomic E-state index is 11.5. The van der Waals surface area contributed by atoms with Crippen LogP contribution in [0.4, 0.5) is 0 Å². The number of benzene rings is 1. The lowest BCUT2D eigenvalue weighted by molar-refractivity contribution is -0.156. The molecule has 0 saturated heterocycles. The molecule has 0 radical (unpaired) electrons. The van der Waals surface area contributed by atoms with E-state index in [4.69, 9.17) is 14.2 Å². The summed E-state index contributed by atoms with van der Waals surface area (Å²) in [5.74, 6) is 0.744. The third kappa shape index (κ3) is 3.84. The smallest absolute Gasteiger partial charge is 0.339 e. The highest BCUT2D eigenvalue weighted by molar-refractivity contribution is 5.76. The van der Waals surface area contributed by atoms with Crippen molar-refractivity contribution in [1.29, 1.82) is 0 Å². The molecule has 4 heteroatoms. The molecule has 1 heterocycles. The first kappa shape index (κ1) is 14.6. The first-order valence-corrected chi connectivity index (χ1v) is 6.80. The minimum absolute atomic E-state index is 0.0344. The Kier molecular flexibility index (Phi) is 5.18. The second-order valence-electron chi connectivity index (χ2n) is 4.81. The van der Waals surface area contributed by atoms with Gasteiger partial charge in [-0.05, 0) is 18.2 Å². The summed E-state index contributed by atoms with van der Waals surface area (Å²) < 4.78 is 16.1. The second kappa shape index (κ2) is 7.10. The Balaban J connectivity index is 1.83. The number of para-hydroxylation sites is 1. The van der Waals surface area contributed by atoms with E-state index in [2.05, 4.69) is 6.92 Å². The number of ether oxygens (including phenoxy) is 3. The molecule has 0 amide bonds. The lowest BCUT2D eigenvalue weighted by Gasteiger charge is -2.29. The third-order valence-corrected chi connectivity index (χ3v) is 3.35. The molecule has 0 saturated carbocycles. The molecular weight excluding hydrogens is 256 g/mol. The van der Waals surface area contributed by atoms with Gasteiger partial charge in [-0.15, -0.1) is 0 Å². The van der Waals surface area contributed by atoms with Gasteiger partial charge in [-0.3, -0.25) is 0 Å². The summed E-state index contributed by atoms with van der Waals surface area (Å²) in [6.07, 6.45) is 3.85. The van der Waals surface area contributed by atoms with Crippen LogP contribution in [0, 0.1) is 5.92 Å². The molecule has 3 unspecified atom stereocenters. The van der Waals surface area contributed by atoms with Crippen LogP contribution in [-0.2, 0) is 14.3 Å². The number of carbonyl (C=O) groups excluding carboxylic acids is 1. The molecule has 108 valence electrons. The van der Waals surface area contributed by atoms with E-state index >= 15 is 0 Å². The molecule has 0 spiro atoms. The van der Waals surface area contributed by atoms with Crippen molar-refractivity contribution >= 4 is 5.97 Å². The lowest BCUT2D eigenvalue weighted by atomic mass is 9.98. The lowest BCUT2D eigenvalue weighted by Crippen LogP contribution is -2.36. The zero-order valence-corrected chi connectivity index (χ0v) is 11.8. The molecule has 1 aliphatic heterocycles. The first-order chi connectivity index (χ1) is 9.70. The number of hydrogen-bond acceptors (Lipinski definition) is 4. The van der Waals surface area contributed by atoms with Gasteiger partial charge in [0.1, 0.15) is 5.75 Å². The Morgan fingerprint density at radius 2 is 2.00 bits per heavy atom. The van der Waals surface area contributed by atoms with Gasteiger partial charge in [0.15, 0.2) is 6.10 Å². The Labute approximate surface area is 119 Å². The monoisotopic (exact) mass is 276 g/mol. The van der Waals surface area contributed by atoms with Crippen LogP contribution in [0.5, 0.6) is 5.75 Å². The zero-order valence-electron chi connectivity index (χ0n) is 11.8. The highest BCUT2D eigenvalue weighted by atomic mass is 16.6. The Bertz CT molecular complexity index is 455. The molecule has 2 rings (SSSR count). The molecule has 3 atom stereocenters. The number of esters is 1. The van der Waals surface area contributed by atoms with Gasteiger partial charge in [-0.1, -0.05) is 31.2 Å². The van der Waals surface area contributed by atoms with Crippen LogP contribution in [-0.4, -0.2) is 31.9 Å². The second-order valence-corrected chi connectivity index (χ2v) is 4.81. The number of carbonyl (C=O) groups is 1. The van der Waals surface area contributed by atoms with Crippen molar-refractivity contribution in [3.63, 3.8) is 0 Å². The van der Waals surface area contributed by atoms with Crippen LogP contribution < -0.4 is 4.74 Å². The molecule has 0 aliphatic carbocycles. The first-order valence-electron chi connectivity index (χ1n) is 6.80. The van der Waals surface area contributed by atoms with E-state index in [0.29, 0.717) is 6.61 Å². The quantitative estimate of drug-likeness (QED) is 0.612. The van der Waals surface area contributed by atoms with Gasteiger partial charge < -0.3 is 14.2 Å². The van der Waals surface area contributed by atoms with Crippen molar-refractivity contribution in [3.05, 3.63) is 42.5 Å². The van der Waals surface area contributed by atoms with Crippen LogP contribution in [0.15, 0.2) is 42.5 Å². The maximum Gasteiger partial charge on any atom is 0.339 e. The number of methoxy groups -OCH3 is 1. The van der Waals surface area contributed by atoms with Crippen molar-refractivity contribution in [3.8, 4) is 5.75 Å². The molecular formula is C16H20O4. The summed E-state index contributed by atoms with van der Waals surface area (Å²) >= 11 is 0. The highest BCUT2D eigenvalue weighted by Gasteiger charge is 2.28. The van der Waals surface area contributed by atoms with E-state index in [1.165, 1.54) is 7.11 Å². The van der Waals surface area contributed by atoms with E-state index in [0.717, 1.165) is 12.2 Å². The normalized spacial score (nSPS) is 25.2. The van der Waals surface area contributed by atoms with E-state index in [1.54, 1.807) is 6.08 Å². The predicted octanol–water partition coefficient (Wildman–Crippen LogP) is 2.59. The summed E-state index contributed by atoms with van der Waals surface area (Å²) in [5, 5.41) is 0. The summed E-state index contributed by atoms with van der Waals surface area (Å²) in [6.45, 7) is 2.62. The van der Waals surface area contributed by atoms with Crippen molar-refractivity contribution in [1.82, 2.24) is 0 Å². The summed E-state index contributed by atoms with van der Waals surface area (Å²) in [6, 6.07) is 9.66. The van der Waals surface area contributed by atoms with Gasteiger partial charge in [-0.2, -0.15) is 0 Å². The Morgan fingerprint density at radius 3 is 2.70 bits per heavy atom. The van der Waals surface area contributed by atoms with E-state index in [9.17, 15) is 4.79 Å². The topological polar surface area (TPSA) is 44.8 Å². The van der Waals surface area contributed by atoms with Crippen molar-refractivity contribution in [2.75, 3.05) is 13.7 Å². The third-order valence-electron chi connectivity index (χ3n) is 3.35. The zero-order chi connectivity index (χ0) is 14.4. The molecule has 4 nitrogen and oxygen atoms in total. The molecule has 0 fully saturated rings. The van der Waals surface area contributed by atoms with Crippen LogP contribution in [0.2, 0.25) is 0 Å². The van der Waals surface area contributed by atoms with E-state index in [1.807, 2.05) is 36.4 Å².